The largest absolute Gasteiger partial charge is 0.469 e. The first-order chi connectivity index (χ1) is 17.5. The molecular formula is C27H32F3N4O3. The van der Waals surface area contributed by atoms with Crippen molar-refractivity contribution in [2.45, 2.75) is 51.1 Å². The van der Waals surface area contributed by atoms with Gasteiger partial charge in [-0.15, -0.1) is 0 Å². The number of esters is 1. The fourth-order valence-electron chi connectivity index (χ4n) is 3.82. The third-order valence-corrected chi connectivity index (χ3v) is 5.89. The SMILES string of the molecule is CC.COC(=O)CC(NC(=O)c1cc(C(C)(F)F)nn1C)C(=NC1(c2cccc(F)c2)C=CC1)C1=C[CH]1.[HH]. The molecule has 2 atom stereocenters. The van der Waals surface area contributed by atoms with E-state index in [2.05, 4.69) is 10.4 Å². The van der Waals surface area contributed by atoms with Gasteiger partial charge in [-0.05, 0) is 35.8 Å². The number of nitrogens with one attached hydrogen (secondary N) is 1. The molecule has 1 aromatic carbocycles. The van der Waals surface area contributed by atoms with Gasteiger partial charge in [-0.1, -0.05) is 44.2 Å². The van der Waals surface area contributed by atoms with Crippen molar-refractivity contribution in [2.75, 3.05) is 7.11 Å². The number of methoxy groups -OCH3 is 1. The number of carbonyl (C=O) groups is 2. The van der Waals surface area contributed by atoms with Crippen LogP contribution in [0.5, 0.6) is 0 Å². The van der Waals surface area contributed by atoms with Gasteiger partial charge in [-0.2, -0.15) is 13.9 Å². The van der Waals surface area contributed by atoms with Crippen molar-refractivity contribution in [3.63, 3.8) is 0 Å². The summed E-state index contributed by atoms with van der Waals surface area (Å²) in [5.74, 6) is -4.94. The van der Waals surface area contributed by atoms with Crippen molar-refractivity contribution >= 4 is 17.6 Å². The van der Waals surface area contributed by atoms with Gasteiger partial charge in [0.25, 0.3) is 11.8 Å². The lowest BCUT2D eigenvalue weighted by molar-refractivity contribution is -0.140. The number of ether oxygens (including phenoxy) is 1. The zero-order valence-electron chi connectivity index (χ0n) is 21.4. The fraction of sp³-hybridized carbons (Fsp3) is 0.370. The number of aryl methyl sites for hydroxylation is 1. The molecule has 199 valence electrons. The van der Waals surface area contributed by atoms with Gasteiger partial charge in [0.1, 0.15) is 22.7 Å². The van der Waals surface area contributed by atoms with Gasteiger partial charge in [0.15, 0.2) is 0 Å². The van der Waals surface area contributed by atoms with E-state index in [0.717, 1.165) is 10.7 Å². The standard InChI is InChI=1S/C25H24F3N4O3.C2H6.H2/c1-24(27,28)20-14-19(32(2)31-20)23(34)29-18(13-21(33)35-3)22(15-8-9-15)30-25(10-5-11-25)16-6-4-7-17(26)12-16;1-2;/h4-10,12,14,18H,11,13H2,1-3H3,(H,29,34);1-2H3;1H. The minimum Gasteiger partial charge on any atom is -0.469 e. The average Bonchev–Trinajstić information content (AvgIpc) is 3.58. The van der Waals surface area contributed by atoms with Crippen LogP contribution in [0.2, 0.25) is 0 Å². The van der Waals surface area contributed by atoms with E-state index in [1.165, 1.54) is 26.3 Å². The maximum absolute atomic E-state index is 14.0. The van der Waals surface area contributed by atoms with E-state index in [4.69, 9.17) is 9.73 Å². The molecule has 1 aromatic heterocycles. The molecule has 2 aliphatic carbocycles. The highest BCUT2D eigenvalue weighted by Crippen LogP contribution is 2.40. The van der Waals surface area contributed by atoms with Gasteiger partial charge in [-0.25, -0.2) is 4.39 Å². The molecular weight excluding hydrogens is 485 g/mol. The lowest BCUT2D eigenvalue weighted by atomic mass is 9.79. The van der Waals surface area contributed by atoms with Crippen LogP contribution in [0.1, 0.15) is 56.8 Å². The van der Waals surface area contributed by atoms with Crippen LogP contribution in [0.25, 0.3) is 0 Å². The molecule has 0 aliphatic heterocycles. The molecule has 7 nitrogen and oxygen atoms in total. The zero-order chi connectivity index (χ0) is 27.4. The van der Waals surface area contributed by atoms with Gasteiger partial charge in [0.2, 0.25) is 0 Å². The number of carbonyl (C=O) groups excluding carboxylic acids is 2. The Labute approximate surface area is 215 Å². The van der Waals surface area contributed by atoms with Crippen LogP contribution in [0, 0.1) is 12.2 Å². The number of rotatable bonds is 9. The van der Waals surface area contributed by atoms with E-state index < -0.39 is 40.9 Å². The Morgan fingerprint density at radius 1 is 1.32 bits per heavy atom. The number of allylic oxidation sites excluding steroid dienone is 1. The summed E-state index contributed by atoms with van der Waals surface area (Å²) in [7, 11) is 2.60. The molecule has 0 saturated carbocycles. The van der Waals surface area contributed by atoms with Crippen molar-refractivity contribution in [3.05, 3.63) is 83.3 Å². The summed E-state index contributed by atoms with van der Waals surface area (Å²) in [4.78, 5) is 30.2. The predicted octanol–water partition coefficient (Wildman–Crippen LogP) is 5.05. The third-order valence-electron chi connectivity index (χ3n) is 5.89. The first-order valence-corrected chi connectivity index (χ1v) is 11.9. The first-order valence-electron chi connectivity index (χ1n) is 11.9. The molecule has 0 fully saturated rings. The third kappa shape index (κ3) is 6.36. The van der Waals surface area contributed by atoms with Crippen LogP contribution in [0.15, 0.2) is 59.1 Å². The zero-order valence-corrected chi connectivity index (χ0v) is 21.4. The second kappa shape index (κ2) is 11.1. The molecule has 1 amide bonds. The number of aromatic nitrogens is 2. The van der Waals surface area contributed by atoms with Crippen LogP contribution < -0.4 is 5.32 Å². The highest BCUT2D eigenvalue weighted by Gasteiger charge is 2.38. The molecule has 0 bridgehead atoms. The Hall–Kier alpha value is -3.69. The molecule has 37 heavy (non-hydrogen) atoms. The molecule has 2 aliphatic rings. The summed E-state index contributed by atoms with van der Waals surface area (Å²) >= 11 is 0. The quantitative estimate of drug-likeness (QED) is 0.287. The summed E-state index contributed by atoms with van der Waals surface area (Å²) < 4.78 is 47.3. The van der Waals surface area contributed by atoms with Crippen LogP contribution in [-0.2, 0) is 28.0 Å². The summed E-state index contributed by atoms with van der Waals surface area (Å²) in [6.45, 7) is 4.69. The number of alkyl halides is 2. The smallest absolute Gasteiger partial charge is 0.308 e. The number of hydrogen-bond donors (Lipinski definition) is 1. The van der Waals surface area contributed by atoms with Crippen molar-refractivity contribution in [1.29, 1.82) is 0 Å². The number of hydrogen-bond acceptors (Lipinski definition) is 5. The van der Waals surface area contributed by atoms with Gasteiger partial charge < -0.3 is 10.1 Å². The number of aliphatic imine (C=N–C) groups is 1. The summed E-state index contributed by atoms with van der Waals surface area (Å²) in [5, 5.41) is 6.46. The van der Waals surface area contributed by atoms with Crippen LogP contribution in [0.3, 0.4) is 0 Å². The van der Waals surface area contributed by atoms with Gasteiger partial charge in [0, 0.05) is 21.8 Å². The van der Waals surface area contributed by atoms with Crippen molar-refractivity contribution in [3.8, 4) is 0 Å². The van der Waals surface area contributed by atoms with Gasteiger partial charge in [-0.3, -0.25) is 19.3 Å². The van der Waals surface area contributed by atoms with E-state index in [1.807, 2.05) is 26.0 Å². The molecule has 0 spiro atoms. The van der Waals surface area contributed by atoms with E-state index in [-0.39, 0.29) is 13.5 Å². The number of halogens is 3. The maximum Gasteiger partial charge on any atom is 0.308 e. The van der Waals surface area contributed by atoms with E-state index in [0.29, 0.717) is 30.2 Å². The fourth-order valence-corrected chi connectivity index (χ4v) is 3.82. The number of amides is 1. The molecule has 2 unspecified atom stereocenters. The summed E-state index contributed by atoms with van der Waals surface area (Å²) in [6.07, 6.45) is 7.53. The van der Waals surface area contributed by atoms with Gasteiger partial charge in [0.05, 0.1) is 25.3 Å². The number of benzene rings is 1. The Bertz CT molecular complexity index is 1270. The number of nitrogens with zero attached hydrogens (tertiary/aromatic N) is 3. The van der Waals surface area contributed by atoms with E-state index >= 15 is 0 Å². The molecule has 1 radical (unpaired) electrons. The Morgan fingerprint density at radius 3 is 2.49 bits per heavy atom. The Kier molecular flexibility index (Phi) is 8.40. The maximum atomic E-state index is 14.0. The molecule has 1 N–H and O–H groups in total. The summed E-state index contributed by atoms with van der Waals surface area (Å²) in [5.41, 5.74) is 0.224. The Balaban J connectivity index is 0.00000165. The minimum absolute atomic E-state index is 0. The van der Waals surface area contributed by atoms with Crippen LogP contribution >= 0.6 is 0 Å². The molecule has 4 rings (SSSR count). The second-order valence-corrected chi connectivity index (χ2v) is 8.56. The molecule has 2 aromatic rings. The minimum atomic E-state index is -3.23. The molecule has 0 saturated heterocycles. The second-order valence-electron chi connectivity index (χ2n) is 8.56. The highest BCUT2D eigenvalue weighted by molar-refractivity contribution is 6.13. The monoisotopic (exact) mass is 517 g/mol. The van der Waals surface area contributed by atoms with Crippen molar-refractivity contribution in [2.24, 2.45) is 12.0 Å². The summed E-state index contributed by atoms with van der Waals surface area (Å²) in [6, 6.07) is 6.16. The highest BCUT2D eigenvalue weighted by atomic mass is 19.3. The normalized spacial score (nSPS) is 19.1. The van der Waals surface area contributed by atoms with E-state index in [9.17, 15) is 22.8 Å². The molecule has 1 heterocycles. The van der Waals surface area contributed by atoms with Gasteiger partial charge >= 0.3 is 5.97 Å². The van der Waals surface area contributed by atoms with Crippen LogP contribution in [-0.4, -0.2) is 40.5 Å². The van der Waals surface area contributed by atoms with Crippen LogP contribution in [0.4, 0.5) is 13.2 Å². The topological polar surface area (TPSA) is 85.6 Å². The van der Waals surface area contributed by atoms with Crippen molar-refractivity contribution < 1.29 is 28.9 Å². The van der Waals surface area contributed by atoms with E-state index in [1.54, 1.807) is 24.6 Å². The van der Waals surface area contributed by atoms with Crippen molar-refractivity contribution in [1.82, 2.24) is 15.1 Å². The first kappa shape index (κ1) is 27.9. The Morgan fingerprint density at radius 2 is 2.00 bits per heavy atom. The lowest BCUT2D eigenvalue weighted by Gasteiger charge is -2.34. The predicted molar refractivity (Wildman–Crippen MR) is 136 cm³/mol. The lowest BCUT2D eigenvalue weighted by Crippen LogP contribution is -2.44. The molecule has 10 heteroatoms. The average molecular weight is 518 g/mol.